The molecule has 32 heavy (non-hydrogen) atoms. The molecule has 0 saturated carbocycles. The number of benzene rings is 2. The van der Waals surface area contributed by atoms with E-state index < -0.39 is 11.8 Å². The predicted molar refractivity (Wildman–Crippen MR) is 133 cm³/mol. The van der Waals surface area contributed by atoms with E-state index in [1.165, 1.54) is 0 Å². The number of aromatic nitrogens is 1. The summed E-state index contributed by atoms with van der Waals surface area (Å²) in [5.41, 5.74) is 2.31. The minimum Gasteiger partial charge on any atom is -0.369 e. The maximum absolute atomic E-state index is 12.7. The van der Waals surface area contributed by atoms with E-state index in [4.69, 9.17) is 23.2 Å². The molecule has 11 heteroatoms. The quantitative estimate of drug-likeness (QED) is 0.458. The van der Waals surface area contributed by atoms with Gasteiger partial charge < -0.3 is 20.9 Å². The first-order valence-corrected chi connectivity index (χ1v) is 11.2. The summed E-state index contributed by atoms with van der Waals surface area (Å²) in [4.78, 5) is 27.7. The van der Waals surface area contributed by atoms with Crippen molar-refractivity contribution in [2.45, 2.75) is 0 Å². The number of nitrogens with one attached hydrogen (secondary N) is 3. The molecule has 2 aromatic carbocycles. The van der Waals surface area contributed by atoms with Crippen molar-refractivity contribution in [1.29, 1.82) is 0 Å². The second-order valence-electron chi connectivity index (χ2n) is 6.87. The molecular weight excluding hydrogens is 493 g/mol. The van der Waals surface area contributed by atoms with Crippen LogP contribution in [0.4, 0.5) is 17.1 Å². The van der Waals surface area contributed by atoms with Gasteiger partial charge >= 0.3 is 0 Å². The lowest BCUT2D eigenvalue weighted by Gasteiger charge is -2.29. The molecule has 3 N–H and O–H groups in total. The van der Waals surface area contributed by atoms with E-state index in [-0.39, 0.29) is 33.7 Å². The Morgan fingerprint density at radius 1 is 0.969 bits per heavy atom. The molecular formula is C21H20Cl3N5O2S. The van der Waals surface area contributed by atoms with Gasteiger partial charge in [0, 0.05) is 42.9 Å². The van der Waals surface area contributed by atoms with Crippen LogP contribution in [0.25, 0.3) is 0 Å². The van der Waals surface area contributed by atoms with Crippen LogP contribution < -0.4 is 20.9 Å². The predicted octanol–water partition coefficient (Wildman–Crippen LogP) is 4.79. The van der Waals surface area contributed by atoms with Crippen LogP contribution in [0.5, 0.6) is 0 Å². The molecule has 4 rings (SSSR count). The maximum atomic E-state index is 12.7. The molecule has 0 bridgehead atoms. The van der Waals surface area contributed by atoms with Gasteiger partial charge in [0.1, 0.15) is 0 Å². The number of anilines is 3. The zero-order valence-electron chi connectivity index (χ0n) is 16.7. The first-order valence-electron chi connectivity index (χ1n) is 9.60. The summed E-state index contributed by atoms with van der Waals surface area (Å²) < 4.78 is 4.13. The molecule has 1 saturated heterocycles. The molecule has 1 aliphatic rings. The number of carbonyl (C=O) groups is 2. The fraction of sp³-hybridized carbons (Fsp3) is 0.190. The van der Waals surface area contributed by atoms with Crippen molar-refractivity contribution in [2.24, 2.45) is 0 Å². The summed E-state index contributed by atoms with van der Waals surface area (Å²) in [5.74, 6) is -0.929. The van der Waals surface area contributed by atoms with E-state index in [9.17, 15) is 9.59 Å². The molecule has 1 aromatic heterocycles. The number of nitrogens with zero attached hydrogens (tertiary/aromatic N) is 2. The molecule has 2 amide bonds. The van der Waals surface area contributed by atoms with E-state index in [0.29, 0.717) is 11.4 Å². The number of hydrogen-bond acceptors (Lipinski definition) is 6. The van der Waals surface area contributed by atoms with Crippen molar-refractivity contribution in [3.63, 3.8) is 0 Å². The van der Waals surface area contributed by atoms with Gasteiger partial charge in [-0.25, -0.2) is 0 Å². The zero-order valence-corrected chi connectivity index (χ0v) is 19.9. The molecule has 0 atom stereocenters. The summed E-state index contributed by atoms with van der Waals surface area (Å²) in [7, 11) is 0. The van der Waals surface area contributed by atoms with E-state index >= 15 is 0 Å². The molecule has 0 radical (unpaired) electrons. The van der Waals surface area contributed by atoms with Gasteiger partial charge in [0.05, 0.1) is 21.3 Å². The summed E-state index contributed by atoms with van der Waals surface area (Å²) >= 11 is 13.3. The average molecular weight is 513 g/mol. The number of amides is 2. The first kappa shape index (κ1) is 24.3. The van der Waals surface area contributed by atoms with Gasteiger partial charge in [-0.05, 0) is 47.9 Å². The number of halogens is 3. The number of hydrogen-bond donors (Lipinski definition) is 3. The van der Waals surface area contributed by atoms with Crippen LogP contribution in [0, 0.1) is 0 Å². The van der Waals surface area contributed by atoms with Gasteiger partial charge in [-0.2, -0.15) is 4.37 Å². The van der Waals surface area contributed by atoms with Gasteiger partial charge in [0.25, 0.3) is 11.8 Å². The van der Waals surface area contributed by atoms with Crippen molar-refractivity contribution in [3.05, 3.63) is 69.1 Å². The van der Waals surface area contributed by atoms with Crippen molar-refractivity contribution in [2.75, 3.05) is 41.7 Å². The lowest BCUT2D eigenvalue weighted by Crippen LogP contribution is -2.43. The molecule has 3 aromatic rings. The molecule has 2 heterocycles. The Balaban J connectivity index is 0.00000289. The maximum Gasteiger partial charge on any atom is 0.277 e. The highest BCUT2D eigenvalue weighted by Gasteiger charge is 2.20. The third-order valence-electron chi connectivity index (χ3n) is 4.83. The number of rotatable bonds is 5. The SMILES string of the molecule is Cl.O=C(Nc1ccc(N2CCNCC2)cc1)c1nscc1NC(=O)c1c(Cl)cccc1Cl. The van der Waals surface area contributed by atoms with Gasteiger partial charge in [0.2, 0.25) is 0 Å². The first-order chi connectivity index (χ1) is 15.0. The lowest BCUT2D eigenvalue weighted by molar-refractivity contribution is 0.102. The smallest absolute Gasteiger partial charge is 0.277 e. The van der Waals surface area contributed by atoms with Gasteiger partial charge in [-0.15, -0.1) is 12.4 Å². The lowest BCUT2D eigenvalue weighted by atomic mass is 10.2. The highest BCUT2D eigenvalue weighted by molar-refractivity contribution is 7.04. The fourth-order valence-corrected chi connectivity index (χ4v) is 4.44. The largest absolute Gasteiger partial charge is 0.369 e. The normalized spacial score (nSPS) is 13.2. The Labute approximate surface area is 205 Å². The highest BCUT2D eigenvalue weighted by Crippen LogP contribution is 2.27. The van der Waals surface area contributed by atoms with Crippen LogP contribution in [0.2, 0.25) is 10.0 Å². The monoisotopic (exact) mass is 511 g/mol. The summed E-state index contributed by atoms with van der Waals surface area (Å²) in [6, 6.07) is 12.5. The van der Waals surface area contributed by atoms with Crippen LogP contribution >= 0.6 is 47.1 Å². The Morgan fingerprint density at radius 2 is 1.62 bits per heavy atom. The Hall–Kier alpha value is -2.36. The van der Waals surface area contributed by atoms with Crippen molar-refractivity contribution in [1.82, 2.24) is 9.69 Å². The van der Waals surface area contributed by atoms with E-state index in [1.807, 2.05) is 24.3 Å². The minimum atomic E-state index is -0.509. The molecule has 1 fully saturated rings. The van der Waals surface area contributed by atoms with Crippen LogP contribution in [-0.2, 0) is 0 Å². The molecule has 0 unspecified atom stereocenters. The number of carbonyl (C=O) groups excluding carboxylic acids is 2. The highest BCUT2D eigenvalue weighted by atomic mass is 35.5. The van der Waals surface area contributed by atoms with E-state index in [0.717, 1.165) is 43.4 Å². The standard InChI is InChI=1S/C21H19Cl2N5O2S.ClH/c22-15-2-1-3-16(23)18(15)20(29)26-17-12-31-27-19(17)21(30)25-13-4-6-14(7-5-13)28-10-8-24-9-11-28;/h1-7,12,24H,8-11H2,(H,25,30)(H,26,29);1H. The van der Waals surface area contributed by atoms with Crippen molar-refractivity contribution in [3.8, 4) is 0 Å². The molecule has 0 spiro atoms. The third kappa shape index (κ3) is 5.51. The van der Waals surface area contributed by atoms with Crippen LogP contribution in [0.3, 0.4) is 0 Å². The topological polar surface area (TPSA) is 86.4 Å². The Bertz CT molecular complexity index is 1080. The van der Waals surface area contributed by atoms with Gasteiger partial charge in [-0.3, -0.25) is 9.59 Å². The van der Waals surface area contributed by atoms with Crippen molar-refractivity contribution >= 4 is 76.0 Å². The zero-order chi connectivity index (χ0) is 21.8. The van der Waals surface area contributed by atoms with Crippen LogP contribution in [0.1, 0.15) is 20.8 Å². The fourth-order valence-electron chi connectivity index (χ4n) is 3.26. The Morgan fingerprint density at radius 3 is 2.28 bits per heavy atom. The molecule has 1 aliphatic heterocycles. The van der Waals surface area contributed by atoms with Crippen LogP contribution in [-0.4, -0.2) is 42.4 Å². The van der Waals surface area contributed by atoms with E-state index in [2.05, 4.69) is 25.2 Å². The van der Waals surface area contributed by atoms with Gasteiger partial charge in [-0.1, -0.05) is 29.3 Å². The average Bonchev–Trinajstić information content (AvgIpc) is 3.23. The van der Waals surface area contributed by atoms with Crippen LogP contribution in [0.15, 0.2) is 47.8 Å². The summed E-state index contributed by atoms with van der Waals surface area (Å²) in [5, 5.41) is 10.9. The third-order valence-corrected chi connectivity index (χ3v) is 6.09. The van der Waals surface area contributed by atoms with Gasteiger partial charge in [0.15, 0.2) is 5.69 Å². The number of piperazine rings is 1. The second kappa shape index (κ2) is 11.0. The molecule has 7 nitrogen and oxygen atoms in total. The Kier molecular flexibility index (Phi) is 8.33. The molecule has 0 aliphatic carbocycles. The summed E-state index contributed by atoms with van der Waals surface area (Å²) in [6.45, 7) is 3.80. The molecule has 168 valence electrons. The van der Waals surface area contributed by atoms with Crippen molar-refractivity contribution < 1.29 is 9.59 Å². The van der Waals surface area contributed by atoms with E-state index in [1.54, 1.807) is 23.6 Å². The minimum absolute atomic E-state index is 0. The summed E-state index contributed by atoms with van der Waals surface area (Å²) in [6.07, 6.45) is 0. The second-order valence-corrected chi connectivity index (χ2v) is 8.31.